The fourth-order valence-corrected chi connectivity index (χ4v) is 5.21. The Balaban J connectivity index is 1.41. The molecule has 6 nitrogen and oxygen atoms in total. The smallest absolute Gasteiger partial charge is 0.251 e. The number of amides is 1. The Morgan fingerprint density at radius 1 is 1.21 bits per heavy atom. The third-order valence-electron chi connectivity index (χ3n) is 5.59. The Labute approximate surface area is 171 Å². The molecule has 2 aliphatic carbocycles. The van der Waals surface area contributed by atoms with Crippen molar-refractivity contribution in [1.29, 1.82) is 0 Å². The van der Waals surface area contributed by atoms with E-state index in [1.54, 1.807) is 6.20 Å². The van der Waals surface area contributed by atoms with Crippen LogP contribution in [0.1, 0.15) is 38.5 Å². The van der Waals surface area contributed by atoms with Crippen LogP contribution in [0.2, 0.25) is 0 Å². The zero-order chi connectivity index (χ0) is 19.1. The summed E-state index contributed by atoms with van der Waals surface area (Å²) in [4.78, 5) is 17.9. The lowest BCUT2D eigenvalue weighted by Gasteiger charge is -2.31. The van der Waals surface area contributed by atoms with E-state index in [-0.39, 0.29) is 5.91 Å². The van der Waals surface area contributed by atoms with Gasteiger partial charge in [0.2, 0.25) is 0 Å². The molecule has 1 amide bonds. The molecule has 0 bridgehead atoms. The maximum atomic E-state index is 13.3. The number of carbonyl (C=O) groups is 1. The van der Waals surface area contributed by atoms with Crippen molar-refractivity contribution in [2.45, 2.75) is 44.1 Å². The summed E-state index contributed by atoms with van der Waals surface area (Å²) in [6.07, 6.45) is 11.1. The van der Waals surface area contributed by atoms with Crippen LogP contribution < -0.4 is 10.6 Å². The molecule has 5 rings (SSSR count). The molecule has 28 heavy (non-hydrogen) atoms. The van der Waals surface area contributed by atoms with E-state index < -0.39 is 5.54 Å². The van der Waals surface area contributed by atoms with Gasteiger partial charge in [-0.15, -0.1) is 0 Å². The Morgan fingerprint density at radius 2 is 2.07 bits per heavy atom. The standard InChI is InChI=1S/C20H20ClN5OS/c21-12-3-5-13(6-4-12)25-20(9-1-2-10-20)18(27)24-19-23-16-8-7-15-14(11-22-26-15)17(16)28-19/h3,5,7-8,11,25H,1-2,4,6,9-10H2,(H,22,26)(H,23,24,27). The molecule has 3 aromatic rings. The number of H-pyrrole nitrogens is 1. The van der Waals surface area contributed by atoms with Crippen LogP contribution in [0.5, 0.6) is 0 Å². The number of carbonyl (C=O) groups excluding carboxylic acids is 1. The van der Waals surface area contributed by atoms with E-state index in [1.165, 1.54) is 11.3 Å². The van der Waals surface area contributed by atoms with Crippen molar-refractivity contribution in [3.05, 3.63) is 41.2 Å². The Hall–Kier alpha value is -2.38. The zero-order valence-electron chi connectivity index (χ0n) is 15.2. The SMILES string of the molecule is O=C(Nc1nc2ccc3[nH]ncc3c2s1)C1(NC2=CC=C(Cl)CC2)CCCC1. The largest absolute Gasteiger partial charge is 0.375 e. The van der Waals surface area contributed by atoms with Gasteiger partial charge >= 0.3 is 0 Å². The maximum absolute atomic E-state index is 13.3. The number of hydrogen-bond acceptors (Lipinski definition) is 5. The molecular weight excluding hydrogens is 394 g/mol. The monoisotopic (exact) mass is 413 g/mol. The number of fused-ring (bicyclic) bond motifs is 3. The summed E-state index contributed by atoms with van der Waals surface area (Å²) in [5.74, 6) is -0.00552. The highest BCUT2D eigenvalue weighted by Crippen LogP contribution is 2.36. The molecule has 0 spiro atoms. The van der Waals surface area contributed by atoms with E-state index in [1.807, 2.05) is 24.3 Å². The number of hydrogen-bond donors (Lipinski definition) is 3. The van der Waals surface area contributed by atoms with Gasteiger partial charge in [-0.25, -0.2) is 4.98 Å². The summed E-state index contributed by atoms with van der Waals surface area (Å²) in [6.45, 7) is 0. The van der Waals surface area contributed by atoms with E-state index in [0.29, 0.717) is 5.13 Å². The first-order valence-corrected chi connectivity index (χ1v) is 10.7. The molecule has 0 radical (unpaired) electrons. The number of benzene rings is 1. The molecule has 144 valence electrons. The van der Waals surface area contributed by atoms with Crippen LogP contribution in [0, 0.1) is 0 Å². The van der Waals surface area contributed by atoms with Crippen molar-refractivity contribution in [3.8, 4) is 0 Å². The number of allylic oxidation sites excluding steroid dienone is 4. The van der Waals surface area contributed by atoms with Gasteiger partial charge in [0.25, 0.3) is 5.91 Å². The number of nitrogens with one attached hydrogen (secondary N) is 3. The first-order valence-electron chi connectivity index (χ1n) is 9.50. The third-order valence-corrected chi connectivity index (χ3v) is 6.92. The van der Waals surface area contributed by atoms with E-state index in [9.17, 15) is 4.79 Å². The summed E-state index contributed by atoms with van der Waals surface area (Å²) in [7, 11) is 0. The second-order valence-corrected chi connectivity index (χ2v) is 8.92. The van der Waals surface area contributed by atoms with E-state index in [0.717, 1.165) is 70.4 Å². The number of anilines is 1. The van der Waals surface area contributed by atoms with Crippen LogP contribution in [-0.2, 0) is 4.79 Å². The number of nitrogens with zero attached hydrogens (tertiary/aromatic N) is 2. The molecule has 0 aliphatic heterocycles. The van der Waals surface area contributed by atoms with Crippen molar-refractivity contribution in [1.82, 2.24) is 20.5 Å². The average Bonchev–Trinajstić information content (AvgIpc) is 3.41. The first kappa shape index (κ1) is 17.7. The first-order chi connectivity index (χ1) is 13.6. The fourth-order valence-electron chi connectivity index (χ4n) is 4.09. The predicted molar refractivity (Wildman–Crippen MR) is 113 cm³/mol. The molecule has 1 aromatic carbocycles. The number of aromatic nitrogens is 3. The molecule has 2 aromatic heterocycles. The number of rotatable bonds is 4. The summed E-state index contributed by atoms with van der Waals surface area (Å²) in [6, 6.07) is 3.92. The number of thiazole rings is 1. The van der Waals surface area contributed by atoms with E-state index >= 15 is 0 Å². The van der Waals surface area contributed by atoms with Crippen molar-refractivity contribution in [3.63, 3.8) is 0 Å². The van der Waals surface area contributed by atoms with Crippen molar-refractivity contribution in [2.24, 2.45) is 0 Å². The maximum Gasteiger partial charge on any atom is 0.251 e. The second kappa shape index (κ2) is 6.90. The Kier molecular flexibility index (Phi) is 4.36. The van der Waals surface area contributed by atoms with Crippen LogP contribution in [0.15, 0.2) is 41.2 Å². The lowest BCUT2D eigenvalue weighted by atomic mass is 9.94. The zero-order valence-corrected chi connectivity index (χ0v) is 16.8. The molecule has 2 aliphatic rings. The van der Waals surface area contributed by atoms with Crippen LogP contribution in [0.4, 0.5) is 5.13 Å². The number of aromatic amines is 1. The van der Waals surface area contributed by atoms with Gasteiger partial charge in [0.15, 0.2) is 5.13 Å². The van der Waals surface area contributed by atoms with Gasteiger partial charge in [0.05, 0.1) is 21.9 Å². The van der Waals surface area contributed by atoms with Gasteiger partial charge in [-0.1, -0.05) is 35.8 Å². The minimum Gasteiger partial charge on any atom is -0.375 e. The van der Waals surface area contributed by atoms with Gasteiger partial charge in [-0.05, 0) is 50.0 Å². The quantitative estimate of drug-likeness (QED) is 0.573. The van der Waals surface area contributed by atoms with Gasteiger partial charge < -0.3 is 5.32 Å². The lowest BCUT2D eigenvalue weighted by Crippen LogP contribution is -2.52. The topological polar surface area (TPSA) is 82.7 Å². The van der Waals surface area contributed by atoms with Gasteiger partial charge in [-0.3, -0.25) is 15.2 Å². The van der Waals surface area contributed by atoms with Crippen LogP contribution in [0.3, 0.4) is 0 Å². The van der Waals surface area contributed by atoms with Crippen LogP contribution >= 0.6 is 22.9 Å². The molecule has 1 fully saturated rings. The van der Waals surface area contributed by atoms with Gasteiger partial charge in [0, 0.05) is 16.1 Å². The highest BCUT2D eigenvalue weighted by atomic mass is 35.5. The minimum atomic E-state index is -0.577. The highest BCUT2D eigenvalue weighted by Gasteiger charge is 2.42. The minimum absolute atomic E-state index is 0.00552. The number of halogens is 1. The molecule has 3 N–H and O–H groups in total. The molecule has 0 atom stereocenters. The third kappa shape index (κ3) is 3.08. The van der Waals surface area contributed by atoms with Crippen molar-refractivity contribution >= 4 is 55.1 Å². The average molecular weight is 414 g/mol. The Morgan fingerprint density at radius 3 is 2.86 bits per heavy atom. The molecule has 8 heteroatoms. The van der Waals surface area contributed by atoms with Crippen molar-refractivity contribution < 1.29 is 4.79 Å². The van der Waals surface area contributed by atoms with Crippen LogP contribution in [-0.4, -0.2) is 26.6 Å². The summed E-state index contributed by atoms with van der Waals surface area (Å²) >= 11 is 7.56. The summed E-state index contributed by atoms with van der Waals surface area (Å²) in [5.41, 5.74) is 2.34. The molecule has 0 unspecified atom stereocenters. The fraction of sp³-hybridized carbons (Fsp3) is 0.350. The van der Waals surface area contributed by atoms with E-state index in [4.69, 9.17) is 11.6 Å². The van der Waals surface area contributed by atoms with Gasteiger partial charge in [-0.2, -0.15) is 5.10 Å². The Bertz CT molecular complexity index is 1120. The predicted octanol–water partition coefficient (Wildman–Crippen LogP) is 4.81. The van der Waals surface area contributed by atoms with Gasteiger partial charge in [0.1, 0.15) is 5.54 Å². The summed E-state index contributed by atoms with van der Waals surface area (Å²) in [5, 5.41) is 16.2. The van der Waals surface area contributed by atoms with E-state index in [2.05, 4.69) is 25.8 Å². The molecule has 2 heterocycles. The van der Waals surface area contributed by atoms with Crippen LogP contribution in [0.25, 0.3) is 21.1 Å². The molecule has 1 saturated carbocycles. The highest BCUT2D eigenvalue weighted by molar-refractivity contribution is 7.23. The molecule has 0 saturated heterocycles. The lowest BCUT2D eigenvalue weighted by molar-refractivity contribution is -0.122. The van der Waals surface area contributed by atoms with Crippen molar-refractivity contribution in [2.75, 3.05) is 5.32 Å². The molecular formula is C20H20ClN5OS. The normalized spacial score (nSPS) is 18.9. The second-order valence-electron chi connectivity index (χ2n) is 7.44. The summed E-state index contributed by atoms with van der Waals surface area (Å²) < 4.78 is 1.03.